The Morgan fingerprint density at radius 1 is 0.444 bits per heavy atom. The van der Waals surface area contributed by atoms with Gasteiger partial charge >= 0.3 is 11.9 Å². The van der Waals surface area contributed by atoms with Crippen molar-refractivity contribution in [2.75, 3.05) is 9.80 Å². The lowest BCUT2D eigenvalue weighted by atomic mass is 10.0. The number of hydrogen-bond acceptors (Lipinski definition) is 8. The highest BCUT2D eigenvalue weighted by atomic mass is 16.5. The van der Waals surface area contributed by atoms with Crippen LogP contribution in [-0.4, -0.2) is 35.6 Å². The molecule has 0 aromatic heterocycles. The largest absolute Gasteiger partial charge is 0.423 e. The monoisotopic (exact) mass is 598 g/mol. The van der Waals surface area contributed by atoms with Gasteiger partial charge in [0.1, 0.15) is 11.5 Å². The van der Waals surface area contributed by atoms with Crippen LogP contribution in [0, 0.1) is 0 Å². The normalized spacial score (nSPS) is 14.0. The molecule has 0 spiro atoms. The molecule has 0 unspecified atom stereocenters. The maximum atomic E-state index is 12.6. The summed E-state index contributed by atoms with van der Waals surface area (Å²) in [6.45, 7) is 0. The third-order valence-corrected chi connectivity index (χ3v) is 7.02. The van der Waals surface area contributed by atoms with Crippen LogP contribution in [0.25, 0.3) is 0 Å². The minimum Gasteiger partial charge on any atom is -0.423 e. The van der Waals surface area contributed by atoms with Crippen molar-refractivity contribution in [2.24, 2.45) is 0 Å². The van der Waals surface area contributed by atoms with Crippen molar-refractivity contribution in [1.29, 1.82) is 0 Å². The summed E-state index contributed by atoms with van der Waals surface area (Å²) in [7, 11) is 0. The van der Waals surface area contributed by atoms with Gasteiger partial charge in [0.05, 0.1) is 22.5 Å². The van der Waals surface area contributed by atoms with E-state index in [2.05, 4.69) is 0 Å². The molecule has 10 heteroatoms. The van der Waals surface area contributed by atoms with Gasteiger partial charge in [-0.25, -0.2) is 19.4 Å². The first-order valence-electron chi connectivity index (χ1n) is 13.7. The van der Waals surface area contributed by atoms with Crippen LogP contribution in [0.3, 0.4) is 0 Å². The van der Waals surface area contributed by atoms with Crippen molar-refractivity contribution >= 4 is 46.9 Å². The van der Waals surface area contributed by atoms with E-state index in [1.54, 1.807) is 24.3 Å². The number of benzene rings is 4. The summed E-state index contributed by atoms with van der Waals surface area (Å²) >= 11 is 0. The van der Waals surface area contributed by atoms with Crippen LogP contribution in [-0.2, 0) is 25.6 Å². The molecule has 2 aliphatic rings. The highest BCUT2D eigenvalue weighted by Gasteiger charge is 2.26. The molecule has 0 atom stereocenters. The fourth-order valence-corrected chi connectivity index (χ4v) is 4.72. The van der Waals surface area contributed by atoms with Gasteiger partial charge in [0.2, 0.25) is 0 Å². The molecule has 220 valence electrons. The van der Waals surface area contributed by atoms with Crippen molar-refractivity contribution in [3.63, 3.8) is 0 Å². The molecular weight excluding hydrogens is 576 g/mol. The second kappa shape index (κ2) is 12.1. The number of hydrogen-bond donors (Lipinski definition) is 0. The van der Waals surface area contributed by atoms with E-state index < -0.39 is 35.6 Å². The number of anilines is 2. The molecule has 0 saturated carbocycles. The molecule has 0 N–H and O–H groups in total. The standard InChI is InChI=1S/C35H22N2O8/c38-30-17-18-31(39)36(30)26-9-5-24(6-10-26)34(42)44-28-13-1-22(2-14-28)21-23-3-15-29(16-4-23)45-35(43)25-7-11-27(12-8-25)37-32(40)19-20-33(37)41/h1-20H,21H2. The number of ether oxygens (including phenoxy) is 2. The van der Waals surface area contributed by atoms with Crippen molar-refractivity contribution in [2.45, 2.75) is 6.42 Å². The van der Waals surface area contributed by atoms with Gasteiger partial charge in [-0.05, 0) is 90.3 Å². The molecule has 6 rings (SSSR count). The number of rotatable bonds is 8. The predicted molar refractivity (Wildman–Crippen MR) is 162 cm³/mol. The average molecular weight is 599 g/mol. The first kappa shape index (κ1) is 28.7. The first-order valence-corrected chi connectivity index (χ1v) is 13.7. The Hall–Kier alpha value is -6.42. The van der Waals surface area contributed by atoms with Gasteiger partial charge in [-0.3, -0.25) is 19.2 Å². The fraction of sp³-hybridized carbons (Fsp3) is 0.0286. The third-order valence-electron chi connectivity index (χ3n) is 7.02. The molecule has 0 bridgehead atoms. The summed E-state index contributed by atoms with van der Waals surface area (Å²) in [4.78, 5) is 74.6. The molecular formula is C35H22N2O8. The number of carbonyl (C=O) groups excluding carboxylic acids is 6. The van der Waals surface area contributed by atoms with Gasteiger partial charge in [0.15, 0.2) is 0 Å². The highest BCUT2D eigenvalue weighted by molar-refractivity contribution is 6.28. The van der Waals surface area contributed by atoms with E-state index >= 15 is 0 Å². The van der Waals surface area contributed by atoms with Crippen molar-refractivity contribution in [3.8, 4) is 11.5 Å². The average Bonchev–Trinajstić information content (AvgIpc) is 3.57. The summed E-state index contributed by atoms with van der Waals surface area (Å²) in [5.41, 5.74) is 3.18. The minimum atomic E-state index is -0.582. The summed E-state index contributed by atoms with van der Waals surface area (Å²) < 4.78 is 10.9. The maximum absolute atomic E-state index is 12.6. The first-order chi connectivity index (χ1) is 21.7. The molecule has 4 amide bonds. The zero-order valence-electron chi connectivity index (χ0n) is 23.4. The molecule has 45 heavy (non-hydrogen) atoms. The summed E-state index contributed by atoms with van der Waals surface area (Å²) in [6, 6.07) is 26.0. The number of nitrogens with zero attached hydrogens (tertiary/aromatic N) is 2. The lowest BCUT2D eigenvalue weighted by Crippen LogP contribution is -2.29. The predicted octanol–water partition coefficient (Wildman–Crippen LogP) is 4.57. The highest BCUT2D eigenvalue weighted by Crippen LogP contribution is 2.23. The van der Waals surface area contributed by atoms with Crippen LogP contribution < -0.4 is 19.3 Å². The SMILES string of the molecule is O=C(Oc1ccc(Cc2ccc(OC(=O)c3ccc(N4C(=O)C=CC4=O)cc3)cc2)cc1)c1ccc(N2C(=O)C=CC2=O)cc1. The van der Waals surface area contributed by atoms with Crippen LogP contribution in [0.2, 0.25) is 0 Å². The third kappa shape index (κ3) is 6.20. The van der Waals surface area contributed by atoms with Gasteiger partial charge in [0, 0.05) is 24.3 Å². The fourth-order valence-electron chi connectivity index (χ4n) is 4.72. The zero-order valence-corrected chi connectivity index (χ0v) is 23.4. The van der Waals surface area contributed by atoms with E-state index in [0.717, 1.165) is 20.9 Å². The van der Waals surface area contributed by atoms with Crippen LogP contribution in [0.1, 0.15) is 31.8 Å². The Bertz CT molecular complexity index is 1730. The molecule has 2 aliphatic heterocycles. The summed E-state index contributed by atoms with van der Waals surface area (Å²) in [6.07, 6.45) is 5.34. The number of esters is 2. The second-order valence-electron chi connectivity index (χ2n) is 10.0. The Balaban J connectivity index is 1.01. The summed E-state index contributed by atoms with van der Waals surface area (Å²) in [5.74, 6) is -2.22. The number of amides is 4. The molecule has 4 aromatic carbocycles. The lowest BCUT2D eigenvalue weighted by molar-refractivity contribution is -0.121. The van der Waals surface area contributed by atoms with E-state index in [9.17, 15) is 28.8 Å². The quantitative estimate of drug-likeness (QED) is 0.164. The van der Waals surface area contributed by atoms with Gasteiger partial charge in [-0.15, -0.1) is 0 Å². The molecule has 0 radical (unpaired) electrons. The van der Waals surface area contributed by atoms with Gasteiger partial charge in [-0.1, -0.05) is 24.3 Å². The zero-order chi connectivity index (χ0) is 31.5. The second-order valence-corrected chi connectivity index (χ2v) is 10.0. The van der Waals surface area contributed by atoms with Crippen LogP contribution in [0.4, 0.5) is 11.4 Å². The molecule has 10 nitrogen and oxygen atoms in total. The van der Waals surface area contributed by atoms with Gasteiger partial charge < -0.3 is 9.47 Å². The van der Waals surface area contributed by atoms with Crippen molar-refractivity contribution in [3.05, 3.63) is 144 Å². The van der Waals surface area contributed by atoms with Crippen LogP contribution in [0.5, 0.6) is 11.5 Å². The Morgan fingerprint density at radius 3 is 1.07 bits per heavy atom. The number of carbonyl (C=O) groups is 6. The molecule has 0 aliphatic carbocycles. The Kier molecular flexibility index (Phi) is 7.69. The van der Waals surface area contributed by atoms with E-state index in [4.69, 9.17) is 9.47 Å². The molecule has 2 heterocycles. The minimum absolute atomic E-state index is 0.264. The Morgan fingerprint density at radius 2 is 0.756 bits per heavy atom. The van der Waals surface area contributed by atoms with Crippen LogP contribution in [0.15, 0.2) is 121 Å². The lowest BCUT2D eigenvalue weighted by Gasteiger charge is -2.14. The van der Waals surface area contributed by atoms with Crippen molar-refractivity contribution in [1.82, 2.24) is 0 Å². The topological polar surface area (TPSA) is 127 Å². The Labute approximate surface area is 256 Å². The van der Waals surface area contributed by atoms with E-state index in [1.165, 1.54) is 72.8 Å². The van der Waals surface area contributed by atoms with E-state index in [0.29, 0.717) is 29.3 Å². The van der Waals surface area contributed by atoms with Gasteiger partial charge in [-0.2, -0.15) is 0 Å². The van der Waals surface area contributed by atoms with Crippen molar-refractivity contribution < 1.29 is 38.2 Å². The van der Waals surface area contributed by atoms with E-state index in [-0.39, 0.29) is 11.1 Å². The molecule has 4 aromatic rings. The summed E-state index contributed by atoms with van der Waals surface area (Å²) in [5, 5.41) is 0. The van der Waals surface area contributed by atoms with Gasteiger partial charge in [0.25, 0.3) is 23.6 Å². The molecule has 0 saturated heterocycles. The smallest absolute Gasteiger partial charge is 0.343 e. The van der Waals surface area contributed by atoms with Crippen LogP contribution >= 0.6 is 0 Å². The number of imide groups is 2. The molecule has 0 fully saturated rings. The maximum Gasteiger partial charge on any atom is 0.343 e. The van der Waals surface area contributed by atoms with E-state index in [1.807, 2.05) is 24.3 Å².